The molecule has 0 saturated carbocycles. The molecule has 0 unspecified atom stereocenters. The van der Waals surface area contributed by atoms with Crippen molar-refractivity contribution in [2.45, 2.75) is 6.54 Å². The third-order valence-corrected chi connectivity index (χ3v) is 4.33. The Hall–Kier alpha value is -1.88. The molecule has 0 bridgehead atoms. The van der Waals surface area contributed by atoms with E-state index in [9.17, 15) is 13.2 Å². The van der Waals surface area contributed by atoms with Crippen LogP contribution in [0.25, 0.3) is 0 Å². The summed E-state index contributed by atoms with van der Waals surface area (Å²) < 4.78 is 29.3. The number of rotatable bonds is 5. The van der Waals surface area contributed by atoms with Gasteiger partial charge in [0.25, 0.3) is 0 Å². The second-order valence-electron chi connectivity index (χ2n) is 4.25. The van der Waals surface area contributed by atoms with E-state index in [0.29, 0.717) is 5.56 Å². The predicted octanol–water partition coefficient (Wildman–Crippen LogP) is -0.0350. The number of methoxy groups -OCH3 is 1. The first-order valence-electron chi connectivity index (χ1n) is 6.08. The Morgan fingerprint density at radius 1 is 1.43 bits per heavy atom. The molecule has 6 nitrogen and oxygen atoms in total. The van der Waals surface area contributed by atoms with Crippen molar-refractivity contribution in [3.8, 4) is 11.8 Å². The van der Waals surface area contributed by atoms with Gasteiger partial charge in [0.2, 0.25) is 10.0 Å². The third-order valence-electron chi connectivity index (χ3n) is 2.65. The van der Waals surface area contributed by atoms with Crippen LogP contribution < -0.4 is 0 Å². The van der Waals surface area contributed by atoms with E-state index in [1.54, 1.807) is 24.3 Å². The van der Waals surface area contributed by atoms with Crippen LogP contribution in [0.15, 0.2) is 24.3 Å². The number of hydrogen-bond acceptors (Lipinski definition) is 5. The highest BCUT2D eigenvalue weighted by Crippen LogP contribution is 2.10. The zero-order chi connectivity index (χ0) is 15.9. The molecule has 0 aliphatic heterocycles. The molecular formula is C14H17NO5S. The summed E-state index contributed by atoms with van der Waals surface area (Å²) in [5.41, 5.74) is 1.41. The van der Waals surface area contributed by atoms with Crippen molar-refractivity contribution in [3.05, 3.63) is 35.4 Å². The van der Waals surface area contributed by atoms with Crippen LogP contribution in [0, 0.1) is 11.8 Å². The molecule has 0 saturated heterocycles. The highest BCUT2D eigenvalue weighted by Gasteiger charge is 2.22. The first-order valence-corrected chi connectivity index (χ1v) is 7.69. The summed E-state index contributed by atoms with van der Waals surface area (Å²) in [6.45, 7) is -0.119. The van der Waals surface area contributed by atoms with Gasteiger partial charge in [-0.3, -0.25) is 4.79 Å². The van der Waals surface area contributed by atoms with Crippen molar-refractivity contribution < 1.29 is 23.1 Å². The van der Waals surface area contributed by atoms with Crippen LogP contribution >= 0.6 is 0 Å². The minimum absolute atomic E-state index is 0.119. The molecule has 21 heavy (non-hydrogen) atoms. The molecule has 1 N–H and O–H groups in total. The Morgan fingerprint density at radius 2 is 2.14 bits per heavy atom. The fourth-order valence-corrected chi connectivity index (χ4v) is 2.54. The number of ether oxygens (including phenoxy) is 1. The molecule has 0 fully saturated rings. The largest absolute Gasteiger partial charge is 0.468 e. The molecule has 7 heteroatoms. The van der Waals surface area contributed by atoms with Crippen molar-refractivity contribution in [2.75, 3.05) is 26.5 Å². The molecule has 1 aromatic carbocycles. The Bertz CT molecular complexity index is 657. The number of aliphatic hydroxyl groups excluding tert-OH is 1. The van der Waals surface area contributed by atoms with Crippen molar-refractivity contribution in [1.29, 1.82) is 0 Å². The summed E-state index contributed by atoms with van der Waals surface area (Å²) >= 11 is 0. The lowest BCUT2D eigenvalue weighted by atomic mass is 10.1. The first kappa shape index (κ1) is 17.2. The lowest BCUT2D eigenvalue weighted by molar-refractivity contribution is -0.137. The molecule has 0 aromatic heterocycles. The third kappa shape index (κ3) is 5.55. The zero-order valence-corrected chi connectivity index (χ0v) is 12.7. The molecule has 0 amide bonds. The smallest absolute Gasteiger partial charge is 0.322 e. The number of carbonyl (C=O) groups excluding carboxylic acids is 1. The van der Waals surface area contributed by atoms with Crippen LogP contribution in [0.3, 0.4) is 0 Å². The normalized spacial score (nSPS) is 10.9. The molecule has 0 spiro atoms. The lowest BCUT2D eigenvalue weighted by Crippen LogP contribution is -2.32. The van der Waals surface area contributed by atoms with Gasteiger partial charge in [-0.1, -0.05) is 24.0 Å². The molecule has 114 valence electrons. The summed E-state index contributed by atoms with van der Waals surface area (Å²) in [4.78, 5) is 11.1. The van der Waals surface area contributed by atoms with E-state index in [1.165, 1.54) is 7.05 Å². The summed E-state index contributed by atoms with van der Waals surface area (Å²) in [6, 6.07) is 6.99. The van der Waals surface area contributed by atoms with Gasteiger partial charge in [0, 0.05) is 19.2 Å². The summed E-state index contributed by atoms with van der Waals surface area (Å²) in [5.74, 6) is 3.78. The first-order chi connectivity index (χ1) is 9.89. The lowest BCUT2D eigenvalue weighted by Gasteiger charge is -2.16. The van der Waals surface area contributed by atoms with E-state index in [2.05, 4.69) is 16.6 Å². The van der Waals surface area contributed by atoms with Crippen LogP contribution in [0.2, 0.25) is 0 Å². The standard InChI is InChI=1S/C14H17NO5S/c1-15(21(18,19)11-14(17)20-2)10-13-6-3-5-12(9-13)7-4-8-16/h3,5-6,9,16H,8,10-11H2,1-2H3. The summed E-state index contributed by atoms with van der Waals surface area (Å²) in [5, 5.41) is 8.65. The van der Waals surface area contributed by atoms with Gasteiger partial charge in [0.15, 0.2) is 5.75 Å². The van der Waals surface area contributed by atoms with Gasteiger partial charge in [-0.2, -0.15) is 0 Å². The molecule has 0 radical (unpaired) electrons. The highest BCUT2D eigenvalue weighted by atomic mass is 32.2. The molecule has 0 atom stereocenters. The second kappa shape index (κ2) is 7.78. The van der Waals surface area contributed by atoms with Crippen LogP contribution in [0.1, 0.15) is 11.1 Å². The van der Waals surface area contributed by atoms with Gasteiger partial charge in [-0.15, -0.1) is 0 Å². The van der Waals surface area contributed by atoms with Gasteiger partial charge in [0.1, 0.15) is 6.61 Å². The number of sulfonamides is 1. The summed E-state index contributed by atoms with van der Waals surface area (Å²) in [6.07, 6.45) is 0. The predicted molar refractivity (Wildman–Crippen MR) is 77.7 cm³/mol. The Kier molecular flexibility index (Phi) is 6.37. The second-order valence-corrected chi connectivity index (χ2v) is 6.32. The number of hydrogen-bond donors (Lipinski definition) is 1. The van der Waals surface area contributed by atoms with Crippen LogP contribution in [-0.4, -0.2) is 50.3 Å². The van der Waals surface area contributed by atoms with Crippen LogP contribution in [-0.2, 0) is 26.1 Å². The van der Waals surface area contributed by atoms with E-state index in [0.717, 1.165) is 17.0 Å². The van der Waals surface area contributed by atoms with Gasteiger partial charge >= 0.3 is 5.97 Å². The van der Waals surface area contributed by atoms with E-state index in [-0.39, 0.29) is 13.2 Å². The number of esters is 1. The van der Waals surface area contributed by atoms with Gasteiger partial charge < -0.3 is 9.84 Å². The van der Waals surface area contributed by atoms with Crippen LogP contribution in [0.4, 0.5) is 0 Å². The van der Waals surface area contributed by atoms with Crippen molar-refractivity contribution in [2.24, 2.45) is 0 Å². The minimum Gasteiger partial charge on any atom is -0.468 e. The number of nitrogens with zero attached hydrogens (tertiary/aromatic N) is 1. The maximum absolute atomic E-state index is 11.9. The monoisotopic (exact) mass is 311 g/mol. The Morgan fingerprint density at radius 3 is 2.76 bits per heavy atom. The quantitative estimate of drug-likeness (QED) is 0.609. The fourth-order valence-electron chi connectivity index (χ4n) is 1.56. The Labute approximate surface area is 124 Å². The fraction of sp³-hybridized carbons (Fsp3) is 0.357. The maximum Gasteiger partial charge on any atom is 0.322 e. The van der Waals surface area contributed by atoms with E-state index in [4.69, 9.17) is 5.11 Å². The number of benzene rings is 1. The highest BCUT2D eigenvalue weighted by molar-refractivity contribution is 7.89. The van der Waals surface area contributed by atoms with Crippen molar-refractivity contribution >= 4 is 16.0 Å². The average Bonchev–Trinajstić information content (AvgIpc) is 2.44. The summed E-state index contributed by atoms with van der Waals surface area (Å²) in [7, 11) is -1.18. The van der Waals surface area contributed by atoms with Crippen molar-refractivity contribution in [1.82, 2.24) is 4.31 Å². The molecular weight excluding hydrogens is 294 g/mol. The van der Waals surface area contributed by atoms with Gasteiger partial charge in [0.05, 0.1) is 7.11 Å². The SMILES string of the molecule is COC(=O)CS(=O)(=O)N(C)Cc1cccc(C#CCO)c1. The molecule has 0 aliphatic carbocycles. The van der Waals surface area contributed by atoms with Crippen LogP contribution in [0.5, 0.6) is 0 Å². The molecule has 0 aliphatic rings. The molecule has 1 aromatic rings. The minimum atomic E-state index is -3.72. The number of aliphatic hydroxyl groups is 1. The van der Waals surface area contributed by atoms with Gasteiger partial charge in [-0.25, -0.2) is 12.7 Å². The zero-order valence-electron chi connectivity index (χ0n) is 11.9. The van der Waals surface area contributed by atoms with Gasteiger partial charge in [-0.05, 0) is 17.7 Å². The van der Waals surface area contributed by atoms with E-state index in [1.807, 2.05) is 0 Å². The van der Waals surface area contributed by atoms with E-state index >= 15 is 0 Å². The number of carbonyl (C=O) groups is 1. The van der Waals surface area contributed by atoms with E-state index < -0.39 is 21.7 Å². The average molecular weight is 311 g/mol. The molecule has 1 rings (SSSR count). The molecule has 0 heterocycles. The maximum atomic E-state index is 11.9. The topological polar surface area (TPSA) is 83.9 Å². The Balaban J connectivity index is 2.83. The van der Waals surface area contributed by atoms with Crippen molar-refractivity contribution in [3.63, 3.8) is 0 Å².